The standard InChI is InChI=1S/C19H21BrN2O2/c1-13-17(20)8-5-9-18(13)21-15-10-16(11-15)22-19(23)24-12-14-6-3-2-4-7-14/h2-9,15-16,21H,10-12H2,1H3,(H,22,23). The normalized spacial score (nSPS) is 19.2. The first-order valence-electron chi connectivity index (χ1n) is 8.10. The quantitative estimate of drug-likeness (QED) is 0.784. The molecule has 1 saturated carbocycles. The summed E-state index contributed by atoms with van der Waals surface area (Å²) in [4.78, 5) is 11.8. The average molecular weight is 389 g/mol. The molecule has 3 rings (SSSR count). The van der Waals surface area contributed by atoms with E-state index in [0.29, 0.717) is 12.6 Å². The molecule has 2 aromatic carbocycles. The van der Waals surface area contributed by atoms with Gasteiger partial charge in [-0.3, -0.25) is 0 Å². The van der Waals surface area contributed by atoms with Crippen molar-refractivity contribution in [3.05, 3.63) is 64.1 Å². The molecule has 0 spiro atoms. The second-order valence-electron chi connectivity index (χ2n) is 6.13. The SMILES string of the molecule is Cc1c(Br)cccc1NC1CC(NC(=O)OCc2ccccc2)C1. The predicted octanol–water partition coefficient (Wildman–Crippen LogP) is 4.63. The van der Waals surface area contributed by atoms with Gasteiger partial charge in [0.25, 0.3) is 0 Å². The van der Waals surface area contributed by atoms with Gasteiger partial charge in [-0.05, 0) is 43.0 Å². The van der Waals surface area contributed by atoms with E-state index in [1.807, 2.05) is 42.5 Å². The van der Waals surface area contributed by atoms with Gasteiger partial charge < -0.3 is 15.4 Å². The van der Waals surface area contributed by atoms with Gasteiger partial charge >= 0.3 is 6.09 Å². The Bertz CT molecular complexity index is 700. The van der Waals surface area contributed by atoms with Crippen molar-refractivity contribution in [1.82, 2.24) is 5.32 Å². The lowest BCUT2D eigenvalue weighted by Gasteiger charge is -2.37. The number of hydrogen-bond acceptors (Lipinski definition) is 3. The summed E-state index contributed by atoms with van der Waals surface area (Å²) in [5.74, 6) is 0. The summed E-state index contributed by atoms with van der Waals surface area (Å²) in [6, 6.07) is 16.4. The molecule has 5 heteroatoms. The number of alkyl carbamates (subject to hydrolysis) is 1. The molecule has 0 unspecified atom stereocenters. The Morgan fingerprint density at radius 1 is 1.12 bits per heavy atom. The minimum absolute atomic E-state index is 0.179. The van der Waals surface area contributed by atoms with Crippen LogP contribution in [0.25, 0.3) is 0 Å². The van der Waals surface area contributed by atoms with E-state index in [1.165, 1.54) is 5.56 Å². The van der Waals surface area contributed by atoms with Crippen LogP contribution in [0.4, 0.5) is 10.5 Å². The van der Waals surface area contributed by atoms with E-state index in [1.54, 1.807) is 0 Å². The highest BCUT2D eigenvalue weighted by molar-refractivity contribution is 9.10. The Labute approximate surface area is 150 Å². The number of halogens is 1. The van der Waals surface area contributed by atoms with Gasteiger partial charge in [0.15, 0.2) is 0 Å². The summed E-state index contributed by atoms with van der Waals surface area (Å²) < 4.78 is 6.35. The van der Waals surface area contributed by atoms with Crippen molar-refractivity contribution in [1.29, 1.82) is 0 Å². The first-order valence-corrected chi connectivity index (χ1v) is 8.90. The van der Waals surface area contributed by atoms with E-state index in [2.05, 4.69) is 39.6 Å². The molecule has 24 heavy (non-hydrogen) atoms. The fourth-order valence-electron chi connectivity index (χ4n) is 2.77. The van der Waals surface area contributed by atoms with E-state index >= 15 is 0 Å². The molecule has 0 aliphatic heterocycles. The zero-order valence-electron chi connectivity index (χ0n) is 13.6. The molecule has 0 atom stereocenters. The van der Waals surface area contributed by atoms with Crippen molar-refractivity contribution in [2.24, 2.45) is 0 Å². The van der Waals surface area contributed by atoms with Crippen LogP contribution >= 0.6 is 15.9 Å². The minimum Gasteiger partial charge on any atom is -0.445 e. The van der Waals surface area contributed by atoms with Crippen LogP contribution in [-0.2, 0) is 11.3 Å². The largest absolute Gasteiger partial charge is 0.445 e. The van der Waals surface area contributed by atoms with E-state index in [-0.39, 0.29) is 12.1 Å². The zero-order chi connectivity index (χ0) is 16.9. The highest BCUT2D eigenvalue weighted by Gasteiger charge is 2.30. The maximum absolute atomic E-state index is 11.8. The smallest absolute Gasteiger partial charge is 0.407 e. The van der Waals surface area contributed by atoms with Gasteiger partial charge in [-0.1, -0.05) is 52.3 Å². The number of amides is 1. The highest BCUT2D eigenvalue weighted by atomic mass is 79.9. The Morgan fingerprint density at radius 3 is 2.62 bits per heavy atom. The first-order chi connectivity index (χ1) is 11.6. The van der Waals surface area contributed by atoms with Gasteiger partial charge in [-0.2, -0.15) is 0 Å². The van der Waals surface area contributed by atoms with Crippen molar-refractivity contribution >= 4 is 27.7 Å². The molecule has 1 aliphatic carbocycles. The van der Waals surface area contributed by atoms with Crippen LogP contribution in [0.1, 0.15) is 24.0 Å². The van der Waals surface area contributed by atoms with Crippen LogP contribution in [0, 0.1) is 6.92 Å². The molecule has 0 aromatic heterocycles. The Kier molecular flexibility index (Phi) is 5.41. The molecule has 1 aliphatic rings. The van der Waals surface area contributed by atoms with Gasteiger partial charge in [0.1, 0.15) is 6.61 Å². The Balaban J connectivity index is 1.39. The lowest BCUT2D eigenvalue weighted by atomic mass is 9.86. The fourth-order valence-corrected chi connectivity index (χ4v) is 3.13. The van der Waals surface area contributed by atoms with Gasteiger partial charge in [-0.25, -0.2) is 4.79 Å². The van der Waals surface area contributed by atoms with Gasteiger partial charge in [0.2, 0.25) is 0 Å². The molecular formula is C19H21BrN2O2. The van der Waals surface area contributed by atoms with Gasteiger partial charge in [0.05, 0.1) is 0 Å². The average Bonchev–Trinajstić information content (AvgIpc) is 2.56. The molecule has 2 N–H and O–H groups in total. The fraction of sp³-hybridized carbons (Fsp3) is 0.316. The highest BCUT2D eigenvalue weighted by Crippen LogP contribution is 2.29. The van der Waals surface area contributed by atoms with Crippen molar-refractivity contribution in [3.8, 4) is 0 Å². The summed E-state index contributed by atoms with van der Waals surface area (Å²) in [5.41, 5.74) is 3.33. The van der Waals surface area contributed by atoms with Crippen LogP contribution in [-0.4, -0.2) is 18.2 Å². The summed E-state index contributed by atoms with van der Waals surface area (Å²) in [7, 11) is 0. The van der Waals surface area contributed by atoms with Crippen LogP contribution in [0.5, 0.6) is 0 Å². The number of ether oxygens (including phenoxy) is 1. The number of nitrogens with one attached hydrogen (secondary N) is 2. The van der Waals surface area contributed by atoms with Gasteiger partial charge in [-0.15, -0.1) is 0 Å². The van der Waals surface area contributed by atoms with Crippen molar-refractivity contribution < 1.29 is 9.53 Å². The maximum Gasteiger partial charge on any atom is 0.407 e. The second-order valence-corrected chi connectivity index (χ2v) is 6.98. The molecule has 1 amide bonds. The van der Waals surface area contributed by atoms with E-state index < -0.39 is 0 Å². The Hall–Kier alpha value is -2.01. The molecular weight excluding hydrogens is 368 g/mol. The van der Waals surface area contributed by atoms with Crippen molar-refractivity contribution in [2.45, 2.75) is 38.5 Å². The molecule has 126 valence electrons. The minimum atomic E-state index is -0.346. The second kappa shape index (κ2) is 7.71. The molecule has 4 nitrogen and oxygen atoms in total. The summed E-state index contributed by atoms with van der Waals surface area (Å²) in [6.45, 7) is 2.39. The topological polar surface area (TPSA) is 50.4 Å². The Morgan fingerprint density at radius 2 is 1.88 bits per heavy atom. The van der Waals surface area contributed by atoms with E-state index in [9.17, 15) is 4.79 Å². The molecule has 0 heterocycles. The number of hydrogen-bond donors (Lipinski definition) is 2. The van der Waals surface area contributed by atoms with Crippen LogP contribution in [0.15, 0.2) is 53.0 Å². The van der Waals surface area contributed by atoms with Crippen LogP contribution < -0.4 is 10.6 Å². The lowest BCUT2D eigenvalue weighted by molar-refractivity contribution is 0.129. The molecule has 0 saturated heterocycles. The number of anilines is 1. The molecule has 0 radical (unpaired) electrons. The summed E-state index contributed by atoms with van der Waals surface area (Å²) in [5, 5.41) is 6.44. The number of carbonyl (C=O) groups excluding carboxylic acids is 1. The third-order valence-corrected chi connectivity index (χ3v) is 5.16. The maximum atomic E-state index is 11.8. The number of rotatable bonds is 5. The number of benzene rings is 2. The predicted molar refractivity (Wildman–Crippen MR) is 99.1 cm³/mol. The third-order valence-electron chi connectivity index (χ3n) is 4.30. The molecule has 0 bridgehead atoms. The van der Waals surface area contributed by atoms with Crippen LogP contribution in [0.2, 0.25) is 0 Å². The van der Waals surface area contributed by atoms with Crippen molar-refractivity contribution in [2.75, 3.05) is 5.32 Å². The monoisotopic (exact) mass is 388 g/mol. The van der Waals surface area contributed by atoms with Crippen LogP contribution in [0.3, 0.4) is 0 Å². The first kappa shape index (κ1) is 16.8. The summed E-state index contributed by atoms with van der Waals surface area (Å²) >= 11 is 3.54. The van der Waals surface area contributed by atoms with Crippen molar-refractivity contribution in [3.63, 3.8) is 0 Å². The molecule has 1 fully saturated rings. The summed E-state index contributed by atoms with van der Waals surface area (Å²) in [6.07, 6.45) is 1.47. The number of carbonyl (C=O) groups is 1. The van der Waals surface area contributed by atoms with Gasteiger partial charge in [0, 0.05) is 22.2 Å². The third kappa shape index (κ3) is 4.29. The molecule has 2 aromatic rings. The lowest BCUT2D eigenvalue weighted by Crippen LogP contribution is -2.49. The van der Waals surface area contributed by atoms with E-state index in [0.717, 1.165) is 28.6 Å². The zero-order valence-corrected chi connectivity index (χ0v) is 15.2. The van der Waals surface area contributed by atoms with E-state index in [4.69, 9.17) is 4.74 Å².